The monoisotopic (exact) mass is 298 g/mol. The molecule has 21 heavy (non-hydrogen) atoms. The van der Waals surface area contributed by atoms with Crippen molar-refractivity contribution in [1.29, 1.82) is 0 Å². The Labute approximate surface area is 128 Å². The Hall–Kier alpha value is -0.810. The van der Waals surface area contributed by atoms with Gasteiger partial charge in [0.05, 0.1) is 6.61 Å². The van der Waals surface area contributed by atoms with E-state index in [9.17, 15) is 4.79 Å². The molecule has 2 aliphatic heterocycles. The van der Waals surface area contributed by atoms with Crippen molar-refractivity contribution in [2.75, 3.05) is 19.8 Å². The Kier molecular flexibility index (Phi) is 5.49. The summed E-state index contributed by atoms with van der Waals surface area (Å²) in [7, 11) is 0. The topological polar surface area (TPSA) is 50.8 Å². The number of likely N-dealkylation sites (tertiary alicyclic amines) is 1. The van der Waals surface area contributed by atoms with Crippen molar-refractivity contribution >= 4 is 6.09 Å². The van der Waals surface area contributed by atoms with Gasteiger partial charge < -0.3 is 19.7 Å². The van der Waals surface area contributed by atoms with Gasteiger partial charge in [0.2, 0.25) is 0 Å². The van der Waals surface area contributed by atoms with E-state index in [1.165, 1.54) is 0 Å². The number of nitrogens with zero attached hydrogens (tertiary/aromatic N) is 1. The van der Waals surface area contributed by atoms with Crippen molar-refractivity contribution in [2.24, 2.45) is 0 Å². The van der Waals surface area contributed by atoms with Crippen LogP contribution in [0, 0.1) is 0 Å². The first-order valence-electron chi connectivity index (χ1n) is 8.18. The third kappa shape index (κ3) is 5.15. The van der Waals surface area contributed by atoms with Crippen LogP contribution in [0.5, 0.6) is 0 Å². The molecule has 1 amide bonds. The molecule has 0 spiro atoms. The van der Waals surface area contributed by atoms with Crippen molar-refractivity contribution in [1.82, 2.24) is 10.2 Å². The fourth-order valence-electron chi connectivity index (χ4n) is 3.19. The number of rotatable bonds is 4. The average Bonchev–Trinajstić information content (AvgIpc) is 2.97. The lowest BCUT2D eigenvalue weighted by Crippen LogP contribution is -2.44. The van der Waals surface area contributed by atoms with Crippen LogP contribution >= 0.6 is 0 Å². The zero-order valence-electron chi connectivity index (χ0n) is 13.9. The quantitative estimate of drug-likeness (QED) is 0.866. The Balaban J connectivity index is 1.82. The molecule has 2 heterocycles. The lowest BCUT2D eigenvalue weighted by Gasteiger charge is -2.30. The molecule has 122 valence electrons. The SMILES string of the molecule is CC(CC1CCCN1C(=O)OC(C)(C)C)NC1CCOC1. The van der Waals surface area contributed by atoms with Gasteiger partial charge in [-0.3, -0.25) is 0 Å². The number of amides is 1. The number of carbonyl (C=O) groups excluding carboxylic acids is 1. The lowest BCUT2D eigenvalue weighted by molar-refractivity contribution is 0.0213. The summed E-state index contributed by atoms with van der Waals surface area (Å²) in [5, 5.41) is 3.61. The third-order valence-corrected chi connectivity index (χ3v) is 4.08. The Morgan fingerprint density at radius 2 is 2.19 bits per heavy atom. The van der Waals surface area contributed by atoms with Gasteiger partial charge in [-0.05, 0) is 53.4 Å². The second kappa shape index (κ2) is 6.97. The molecule has 2 fully saturated rings. The lowest BCUT2D eigenvalue weighted by atomic mass is 10.1. The first kappa shape index (κ1) is 16.6. The van der Waals surface area contributed by atoms with Crippen molar-refractivity contribution in [3.8, 4) is 0 Å². The highest BCUT2D eigenvalue weighted by molar-refractivity contribution is 5.68. The summed E-state index contributed by atoms with van der Waals surface area (Å²) < 4.78 is 10.9. The van der Waals surface area contributed by atoms with E-state index in [0.29, 0.717) is 18.1 Å². The Morgan fingerprint density at radius 3 is 2.81 bits per heavy atom. The first-order chi connectivity index (χ1) is 9.85. The summed E-state index contributed by atoms with van der Waals surface area (Å²) in [5.41, 5.74) is -0.421. The van der Waals surface area contributed by atoms with Crippen LogP contribution in [0.25, 0.3) is 0 Å². The molecular formula is C16H30N2O3. The molecule has 0 radical (unpaired) electrons. The highest BCUT2D eigenvalue weighted by atomic mass is 16.6. The van der Waals surface area contributed by atoms with E-state index in [0.717, 1.165) is 45.4 Å². The second-order valence-electron chi connectivity index (χ2n) is 7.33. The van der Waals surface area contributed by atoms with Gasteiger partial charge in [-0.2, -0.15) is 0 Å². The molecule has 0 aliphatic carbocycles. The van der Waals surface area contributed by atoms with Crippen molar-refractivity contribution in [3.63, 3.8) is 0 Å². The molecule has 5 nitrogen and oxygen atoms in total. The van der Waals surface area contributed by atoms with Crippen LogP contribution in [0.4, 0.5) is 4.79 Å². The van der Waals surface area contributed by atoms with Gasteiger partial charge in [-0.15, -0.1) is 0 Å². The summed E-state index contributed by atoms with van der Waals surface area (Å²) in [5.74, 6) is 0. The van der Waals surface area contributed by atoms with Gasteiger partial charge in [0.25, 0.3) is 0 Å². The molecule has 0 bridgehead atoms. The van der Waals surface area contributed by atoms with E-state index in [4.69, 9.17) is 9.47 Å². The van der Waals surface area contributed by atoms with Crippen LogP contribution in [0.3, 0.4) is 0 Å². The van der Waals surface area contributed by atoms with Crippen LogP contribution in [-0.4, -0.2) is 54.5 Å². The second-order valence-corrected chi connectivity index (χ2v) is 7.33. The van der Waals surface area contributed by atoms with Crippen LogP contribution in [0.1, 0.15) is 53.4 Å². The summed E-state index contributed by atoms with van der Waals surface area (Å²) >= 11 is 0. The predicted molar refractivity (Wildman–Crippen MR) is 82.4 cm³/mol. The van der Waals surface area contributed by atoms with Crippen molar-refractivity contribution in [3.05, 3.63) is 0 Å². The minimum absolute atomic E-state index is 0.165. The smallest absolute Gasteiger partial charge is 0.410 e. The number of carbonyl (C=O) groups is 1. The van der Waals surface area contributed by atoms with E-state index >= 15 is 0 Å². The van der Waals surface area contributed by atoms with E-state index in [1.807, 2.05) is 25.7 Å². The van der Waals surface area contributed by atoms with Crippen LogP contribution in [-0.2, 0) is 9.47 Å². The van der Waals surface area contributed by atoms with Gasteiger partial charge in [-0.1, -0.05) is 0 Å². The van der Waals surface area contributed by atoms with E-state index in [2.05, 4.69) is 12.2 Å². The minimum atomic E-state index is -0.421. The molecule has 0 aromatic rings. The molecule has 5 heteroatoms. The zero-order valence-corrected chi connectivity index (χ0v) is 13.9. The first-order valence-corrected chi connectivity index (χ1v) is 8.18. The fourth-order valence-corrected chi connectivity index (χ4v) is 3.19. The predicted octanol–water partition coefficient (Wildman–Crippen LogP) is 2.54. The maximum Gasteiger partial charge on any atom is 0.410 e. The number of hydrogen-bond donors (Lipinski definition) is 1. The third-order valence-electron chi connectivity index (χ3n) is 4.08. The van der Waals surface area contributed by atoms with E-state index < -0.39 is 5.60 Å². The number of hydrogen-bond acceptors (Lipinski definition) is 4. The molecule has 0 aromatic heterocycles. The highest BCUT2D eigenvalue weighted by Gasteiger charge is 2.33. The maximum absolute atomic E-state index is 12.3. The van der Waals surface area contributed by atoms with Crippen molar-refractivity contribution < 1.29 is 14.3 Å². The van der Waals surface area contributed by atoms with Crippen LogP contribution in [0.2, 0.25) is 0 Å². The summed E-state index contributed by atoms with van der Waals surface area (Å²) in [6.45, 7) is 10.4. The molecule has 2 rings (SSSR count). The van der Waals surface area contributed by atoms with E-state index in [1.54, 1.807) is 0 Å². The molecule has 1 N–H and O–H groups in total. The largest absolute Gasteiger partial charge is 0.444 e. The molecule has 2 saturated heterocycles. The van der Waals surface area contributed by atoms with Crippen LogP contribution in [0.15, 0.2) is 0 Å². The summed E-state index contributed by atoms with van der Waals surface area (Å²) in [6, 6.07) is 1.16. The molecule has 3 unspecified atom stereocenters. The normalized spacial score (nSPS) is 27.9. The maximum atomic E-state index is 12.3. The van der Waals surface area contributed by atoms with Gasteiger partial charge >= 0.3 is 6.09 Å². The standard InChI is InChI=1S/C16H30N2O3/c1-12(17-13-7-9-20-11-13)10-14-6-5-8-18(14)15(19)21-16(2,3)4/h12-14,17H,5-11H2,1-4H3. The van der Waals surface area contributed by atoms with Gasteiger partial charge in [0.1, 0.15) is 5.60 Å². The highest BCUT2D eigenvalue weighted by Crippen LogP contribution is 2.24. The van der Waals surface area contributed by atoms with Gasteiger partial charge in [0.15, 0.2) is 0 Å². The average molecular weight is 298 g/mol. The molecular weight excluding hydrogens is 268 g/mol. The van der Waals surface area contributed by atoms with Crippen molar-refractivity contribution in [2.45, 2.75) is 77.1 Å². The molecule has 0 aromatic carbocycles. The molecule has 3 atom stereocenters. The zero-order chi connectivity index (χ0) is 15.5. The Bertz CT molecular complexity index is 348. The molecule has 0 saturated carbocycles. The Morgan fingerprint density at radius 1 is 1.43 bits per heavy atom. The summed E-state index contributed by atoms with van der Waals surface area (Å²) in [6.07, 6.45) is 4.05. The van der Waals surface area contributed by atoms with Crippen LogP contribution < -0.4 is 5.32 Å². The van der Waals surface area contributed by atoms with Gasteiger partial charge in [0, 0.05) is 31.3 Å². The minimum Gasteiger partial charge on any atom is -0.444 e. The molecule has 2 aliphatic rings. The summed E-state index contributed by atoms with van der Waals surface area (Å²) in [4.78, 5) is 14.2. The number of ether oxygens (including phenoxy) is 2. The fraction of sp³-hybridized carbons (Fsp3) is 0.938. The van der Waals surface area contributed by atoms with Gasteiger partial charge in [-0.25, -0.2) is 4.79 Å². The number of nitrogens with one attached hydrogen (secondary N) is 1. The van der Waals surface area contributed by atoms with E-state index in [-0.39, 0.29) is 6.09 Å².